The van der Waals surface area contributed by atoms with E-state index in [1.807, 2.05) is 12.1 Å². The molecule has 1 aromatic carbocycles. The molecule has 54 heavy (non-hydrogen) atoms. The Hall–Kier alpha value is -4.80. The summed E-state index contributed by atoms with van der Waals surface area (Å²) < 4.78 is 7.51. The lowest BCUT2D eigenvalue weighted by molar-refractivity contribution is -0.164. The van der Waals surface area contributed by atoms with E-state index >= 15 is 0 Å². The molecule has 0 spiro atoms. The van der Waals surface area contributed by atoms with Crippen molar-refractivity contribution < 1.29 is 19.1 Å². The number of imide groups is 1. The van der Waals surface area contributed by atoms with Crippen molar-refractivity contribution in [2.45, 2.75) is 92.8 Å². The van der Waals surface area contributed by atoms with Gasteiger partial charge in [-0.2, -0.15) is 10.4 Å². The number of ether oxygens (including phenoxy) is 1. The maximum Gasteiger partial charge on any atom is 0.269 e. The van der Waals surface area contributed by atoms with Crippen molar-refractivity contribution in [3.63, 3.8) is 0 Å². The molecule has 3 aliphatic rings. The molecule has 3 aromatic rings. The zero-order valence-corrected chi connectivity index (χ0v) is 30.8. The van der Waals surface area contributed by atoms with Crippen LogP contribution in [0.3, 0.4) is 0 Å². The number of aryl methyl sites for hydroxylation is 1. The van der Waals surface area contributed by atoms with Gasteiger partial charge in [-0.1, -0.05) is 54.1 Å². The first-order valence-corrected chi connectivity index (χ1v) is 18.2. The number of benzene rings is 1. The number of anilines is 1. The molecule has 2 aliphatic heterocycles. The van der Waals surface area contributed by atoms with Gasteiger partial charge in [0, 0.05) is 73.5 Å². The minimum atomic E-state index is -0.764. The molecule has 13 nitrogen and oxygen atoms in total. The number of hydrogen-bond acceptors (Lipinski definition) is 10. The van der Waals surface area contributed by atoms with E-state index in [1.54, 1.807) is 30.6 Å². The Kier molecular flexibility index (Phi) is 13.3. The zero-order chi connectivity index (χ0) is 37.2. The smallest absolute Gasteiger partial charge is 0.269 e. The van der Waals surface area contributed by atoms with E-state index in [4.69, 9.17) is 16.3 Å². The fourth-order valence-electron chi connectivity index (χ4n) is 8.12. The van der Waals surface area contributed by atoms with E-state index < -0.39 is 11.9 Å². The number of piperazine rings is 1. The number of unbranched alkanes of at least 4 members (excludes halogenated alkanes) is 1. The number of carbonyl (C=O) groups excluding carboxylic acids is 3. The van der Waals surface area contributed by atoms with Crippen LogP contribution in [-0.2, 0) is 16.0 Å². The van der Waals surface area contributed by atoms with Crippen LogP contribution in [0.5, 0.6) is 5.75 Å². The number of nitriles is 1. The van der Waals surface area contributed by atoms with Crippen LogP contribution in [0.2, 0.25) is 5.02 Å². The minimum absolute atomic E-state index is 0. The molecule has 14 heteroatoms. The SMILES string of the molecule is C.C.CC1(C)C(NC(=O)c2ccc(CCCCN3CCN(c4cnn(C5CCC(=O)NC5=O)c(=O)c4)CC3)nc2)C(C)(C)C1Oc1ccc(C#N)c(Cl)c1. The first-order chi connectivity index (χ1) is 24.8. The van der Waals surface area contributed by atoms with Gasteiger partial charge >= 0.3 is 0 Å². The summed E-state index contributed by atoms with van der Waals surface area (Å²) in [5, 5.41) is 19.3. The quantitative estimate of drug-likeness (QED) is 0.197. The van der Waals surface area contributed by atoms with Crippen LogP contribution in [0.4, 0.5) is 5.69 Å². The number of halogens is 1. The number of carbonyl (C=O) groups is 3. The molecule has 1 aliphatic carbocycles. The van der Waals surface area contributed by atoms with Crippen LogP contribution < -0.4 is 25.8 Å². The Morgan fingerprint density at radius 2 is 1.74 bits per heavy atom. The van der Waals surface area contributed by atoms with Crippen LogP contribution in [0.25, 0.3) is 0 Å². The Morgan fingerprint density at radius 3 is 2.35 bits per heavy atom. The minimum Gasteiger partial charge on any atom is -0.489 e. The van der Waals surface area contributed by atoms with Gasteiger partial charge in [0.25, 0.3) is 17.4 Å². The average Bonchev–Trinajstić information content (AvgIpc) is 3.12. The Morgan fingerprint density at radius 1 is 1.02 bits per heavy atom. The highest BCUT2D eigenvalue weighted by Crippen LogP contribution is 2.55. The molecule has 2 aromatic heterocycles. The van der Waals surface area contributed by atoms with E-state index in [9.17, 15) is 24.4 Å². The highest BCUT2D eigenvalue weighted by atomic mass is 35.5. The summed E-state index contributed by atoms with van der Waals surface area (Å²) in [5.41, 5.74) is 1.52. The molecule has 1 saturated carbocycles. The Balaban J connectivity index is 0.00000325. The van der Waals surface area contributed by atoms with Crippen molar-refractivity contribution in [2.75, 3.05) is 37.6 Å². The molecule has 290 valence electrons. The van der Waals surface area contributed by atoms with Crippen LogP contribution in [0.15, 0.2) is 53.6 Å². The average molecular weight is 761 g/mol. The third kappa shape index (κ3) is 8.77. The molecular weight excluding hydrogens is 708 g/mol. The molecule has 0 bridgehead atoms. The van der Waals surface area contributed by atoms with E-state index in [1.165, 1.54) is 10.7 Å². The summed E-state index contributed by atoms with van der Waals surface area (Å²) in [6.45, 7) is 12.5. The van der Waals surface area contributed by atoms with E-state index in [0.29, 0.717) is 21.9 Å². The number of nitrogens with zero attached hydrogens (tertiary/aromatic N) is 6. The number of amides is 3. The van der Waals surface area contributed by atoms with Gasteiger partial charge in [-0.05, 0) is 56.5 Å². The summed E-state index contributed by atoms with van der Waals surface area (Å²) in [6.07, 6.45) is 6.34. The molecule has 1 unspecified atom stereocenters. The summed E-state index contributed by atoms with van der Waals surface area (Å²) >= 11 is 6.22. The fourth-order valence-corrected chi connectivity index (χ4v) is 8.33. The summed E-state index contributed by atoms with van der Waals surface area (Å²) in [7, 11) is 0. The van der Waals surface area contributed by atoms with E-state index in [2.05, 4.69) is 64.3 Å². The third-order valence-electron chi connectivity index (χ3n) is 10.7. The molecule has 0 radical (unpaired) electrons. The Labute approximate surface area is 323 Å². The lowest BCUT2D eigenvalue weighted by atomic mass is 9.49. The number of rotatable bonds is 11. The van der Waals surface area contributed by atoms with Gasteiger partial charge in [0.05, 0.1) is 28.0 Å². The molecule has 3 fully saturated rings. The first kappa shape index (κ1) is 41.9. The van der Waals surface area contributed by atoms with Crippen molar-refractivity contribution in [3.8, 4) is 11.8 Å². The second-order valence-corrected chi connectivity index (χ2v) is 15.5. The maximum absolute atomic E-state index is 13.3. The van der Waals surface area contributed by atoms with Crippen molar-refractivity contribution in [1.82, 2.24) is 30.3 Å². The van der Waals surface area contributed by atoms with Crippen LogP contribution in [-0.4, -0.2) is 82.3 Å². The number of aromatic nitrogens is 3. The van der Waals surface area contributed by atoms with Crippen LogP contribution >= 0.6 is 11.6 Å². The number of nitrogens with one attached hydrogen (secondary N) is 2. The van der Waals surface area contributed by atoms with Gasteiger partial charge in [0.2, 0.25) is 5.91 Å². The van der Waals surface area contributed by atoms with Crippen molar-refractivity contribution in [1.29, 1.82) is 5.26 Å². The van der Waals surface area contributed by atoms with E-state index in [-0.39, 0.29) is 68.0 Å². The second kappa shape index (κ2) is 17.1. The second-order valence-electron chi connectivity index (χ2n) is 15.1. The van der Waals surface area contributed by atoms with Crippen molar-refractivity contribution >= 4 is 35.0 Å². The van der Waals surface area contributed by atoms with Crippen LogP contribution in [0.1, 0.15) is 95.9 Å². The van der Waals surface area contributed by atoms with Gasteiger partial charge in [0.15, 0.2) is 0 Å². The predicted octanol–water partition coefficient (Wildman–Crippen LogP) is 5.17. The van der Waals surface area contributed by atoms with Gasteiger partial charge in [-0.3, -0.25) is 34.4 Å². The molecule has 6 rings (SSSR count). The monoisotopic (exact) mass is 760 g/mol. The predicted molar refractivity (Wildman–Crippen MR) is 209 cm³/mol. The standard InChI is InChI=1S/C38H45ClN8O5.2CH4/c1-37(2)35(38(3,4)36(37)52-28-11-9-24(21-40)29(39)20-28)44-33(50)25-8-10-26(41-22-25)7-5-6-14-45-15-17-46(18-16-45)27-19-32(49)47(42-23-27)30-12-13-31(48)43-34(30)51;;/h8-11,19-20,22-23,30,35-36H,5-7,12-18H2,1-4H3,(H,44,50)(H,43,48,51);2*1H4. The zero-order valence-electron chi connectivity index (χ0n) is 30.0. The van der Waals surface area contributed by atoms with Gasteiger partial charge < -0.3 is 15.0 Å². The maximum atomic E-state index is 13.3. The largest absolute Gasteiger partial charge is 0.489 e. The number of piperidine rings is 1. The molecule has 2 N–H and O–H groups in total. The van der Waals surface area contributed by atoms with Gasteiger partial charge in [0.1, 0.15) is 24.0 Å². The van der Waals surface area contributed by atoms with Gasteiger partial charge in [-0.25, -0.2) is 4.68 Å². The molecule has 2 saturated heterocycles. The normalized spacial score (nSPS) is 21.7. The third-order valence-corrected chi connectivity index (χ3v) is 11.0. The Bertz CT molecular complexity index is 1920. The highest BCUT2D eigenvalue weighted by molar-refractivity contribution is 6.31. The van der Waals surface area contributed by atoms with Crippen molar-refractivity contribution in [3.05, 3.63) is 81.0 Å². The lowest BCUT2D eigenvalue weighted by Gasteiger charge is -2.63. The number of pyridine rings is 1. The number of hydrogen-bond donors (Lipinski definition) is 2. The van der Waals surface area contributed by atoms with Gasteiger partial charge in [-0.15, -0.1) is 0 Å². The van der Waals surface area contributed by atoms with Crippen LogP contribution in [0, 0.1) is 22.2 Å². The fraction of sp³-hybridized carbons (Fsp3) is 0.525. The molecule has 3 amide bonds. The lowest BCUT2D eigenvalue weighted by Crippen LogP contribution is -2.74. The molecule has 1 atom stereocenters. The molecule has 4 heterocycles. The summed E-state index contributed by atoms with van der Waals surface area (Å²) in [6, 6.07) is 11.5. The highest BCUT2D eigenvalue weighted by Gasteiger charge is 2.64. The summed E-state index contributed by atoms with van der Waals surface area (Å²) in [5.74, 6) is -0.399. The van der Waals surface area contributed by atoms with Crippen molar-refractivity contribution in [2.24, 2.45) is 10.8 Å². The first-order valence-electron chi connectivity index (χ1n) is 17.8. The topological polar surface area (TPSA) is 163 Å². The molecular formula is C40H53ClN8O5. The van der Waals surface area contributed by atoms with E-state index in [0.717, 1.165) is 63.4 Å². The summed E-state index contributed by atoms with van der Waals surface area (Å²) in [4.78, 5) is 58.8.